The van der Waals surface area contributed by atoms with Crippen molar-refractivity contribution in [2.24, 2.45) is 5.10 Å². The fourth-order valence-electron chi connectivity index (χ4n) is 2.10. The second-order valence-electron chi connectivity index (χ2n) is 4.46. The van der Waals surface area contributed by atoms with E-state index < -0.39 is 0 Å². The Kier molecular flexibility index (Phi) is 3.45. The molecule has 0 N–H and O–H groups in total. The van der Waals surface area contributed by atoms with Gasteiger partial charge in [-0.1, -0.05) is 12.1 Å². The molecule has 4 nitrogen and oxygen atoms in total. The first-order valence-corrected chi connectivity index (χ1v) is 9.07. The van der Waals surface area contributed by atoms with Crippen LogP contribution in [0.5, 0.6) is 0 Å². The Labute approximate surface area is 137 Å². The normalized spacial score (nSPS) is 11.6. The molecule has 4 rings (SSSR count). The second kappa shape index (κ2) is 5.60. The van der Waals surface area contributed by atoms with Crippen LogP contribution in [0.3, 0.4) is 0 Å². The first kappa shape index (κ1) is 13.6. The first-order chi connectivity index (χ1) is 10.8. The predicted molar refractivity (Wildman–Crippen MR) is 94.5 cm³/mol. The standard InChI is InChI=1S/C15H9N3OS3/c19-15-13-11(12-4-2-6-21-12)8-22-14(13)16-9-18(15)17-7-10-3-1-5-20-10/h1-9H/b17-7-. The van der Waals surface area contributed by atoms with Crippen LogP contribution in [0, 0.1) is 0 Å². The highest BCUT2D eigenvalue weighted by Crippen LogP contribution is 2.33. The third-order valence-corrected chi connectivity index (χ3v) is 5.71. The van der Waals surface area contributed by atoms with Crippen LogP contribution in [-0.2, 0) is 0 Å². The minimum Gasteiger partial charge on any atom is -0.267 e. The lowest BCUT2D eigenvalue weighted by molar-refractivity contribution is 0.819. The molecule has 7 heteroatoms. The highest BCUT2D eigenvalue weighted by molar-refractivity contribution is 7.18. The van der Waals surface area contributed by atoms with Crippen LogP contribution in [0.15, 0.2) is 56.6 Å². The molecule has 0 spiro atoms. The van der Waals surface area contributed by atoms with Gasteiger partial charge in [0.1, 0.15) is 11.2 Å². The SMILES string of the molecule is O=c1c2c(-c3cccs3)csc2ncn1/N=C\c1cccs1. The maximum absolute atomic E-state index is 12.7. The Morgan fingerprint density at radius 3 is 2.77 bits per heavy atom. The number of hydrogen-bond donors (Lipinski definition) is 0. The number of nitrogens with zero attached hydrogens (tertiary/aromatic N) is 3. The highest BCUT2D eigenvalue weighted by atomic mass is 32.1. The zero-order chi connectivity index (χ0) is 14.9. The molecule has 4 heterocycles. The van der Waals surface area contributed by atoms with Crippen molar-refractivity contribution in [3.63, 3.8) is 0 Å². The third-order valence-electron chi connectivity index (χ3n) is 3.12. The number of fused-ring (bicyclic) bond motifs is 1. The molecule has 4 aromatic rings. The van der Waals surface area contributed by atoms with Crippen LogP contribution in [0.2, 0.25) is 0 Å². The topological polar surface area (TPSA) is 47.2 Å². The van der Waals surface area contributed by atoms with Gasteiger partial charge in [-0.25, -0.2) is 4.98 Å². The molecule has 0 saturated carbocycles. The third kappa shape index (κ3) is 2.33. The Bertz CT molecular complexity index is 995. The van der Waals surface area contributed by atoms with Gasteiger partial charge in [0.2, 0.25) is 0 Å². The van der Waals surface area contributed by atoms with Gasteiger partial charge in [-0.15, -0.1) is 34.0 Å². The summed E-state index contributed by atoms with van der Waals surface area (Å²) in [6.07, 6.45) is 3.15. The van der Waals surface area contributed by atoms with Crippen LogP contribution in [0.1, 0.15) is 4.88 Å². The van der Waals surface area contributed by atoms with E-state index in [0.717, 1.165) is 20.1 Å². The maximum Gasteiger partial charge on any atom is 0.283 e. The number of aromatic nitrogens is 2. The highest BCUT2D eigenvalue weighted by Gasteiger charge is 2.13. The van der Waals surface area contributed by atoms with Crippen LogP contribution >= 0.6 is 34.0 Å². The zero-order valence-electron chi connectivity index (χ0n) is 11.2. The lowest BCUT2D eigenvalue weighted by atomic mass is 10.2. The number of thiophene rings is 3. The van der Waals surface area contributed by atoms with Gasteiger partial charge in [0.25, 0.3) is 5.56 Å². The molecule has 0 bridgehead atoms. The summed E-state index contributed by atoms with van der Waals surface area (Å²) >= 11 is 4.67. The number of hydrogen-bond acceptors (Lipinski definition) is 6. The molecule has 0 amide bonds. The molecular formula is C15H9N3OS3. The molecule has 0 atom stereocenters. The molecule has 0 radical (unpaired) electrons. The minimum absolute atomic E-state index is 0.137. The smallest absolute Gasteiger partial charge is 0.267 e. The van der Waals surface area contributed by atoms with Gasteiger partial charge in [-0.05, 0) is 22.9 Å². The maximum atomic E-state index is 12.7. The summed E-state index contributed by atoms with van der Waals surface area (Å²) in [5.41, 5.74) is 0.802. The van der Waals surface area contributed by atoms with Gasteiger partial charge in [0.05, 0.1) is 11.6 Å². The van der Waals surface area contributed by atoms with Crippen molar-refractivity contribution in [2.45, 2.75) is 0 Å². The fraction of sp³-hybridized carbons (Fsp3) is 0. The molecule has 0 aliphatic rings. The van der Waals surface area contributed by atoms with Crippen LogP contribution in [0.4, 0.5) is 0 Å². The lowest BCUT2D eigenvalue weighted by Crippen LogP contribution is -2.16. The summed E-state index contributed by atoms with van der Waals surface area (Å²) in [6.45, 7) is 0. The van der Waals surface area contributed by atoms with E-state index in [1.807, 2.05) is 40.4 Å². The summed E-state index contributed by atoms with van der Waals surface area (Å²) in [6, 6.07) is 7.89. The van der Waals surface area contributed by atoms with Crippen molar-refractivity contribution >= 4 is 50.4 Å². The van der Waals surface area contributed by atoms with E-state index >= 15 is 0 Å². The molecule has 0 unspecified atom stereocenters. The zero-order valence-corrected chi connectivity index (χ0v) is 13.6. The lowest BCUT2D eigenvalue weighted by Gasteiger charge is -1.99. The van der Waals surface area contributed by atoms with Gasteiger partial charge < -0.3 is 0 Å². The molecule has 0 aliphatic heterocycles. The number of rotatable bonds is 3. The van der Waals surface area contributed by atoms with Crippen molar-refractivity contribution in [2.75, 3.05) is 0 Å². The van der Waals surface area contributed by atoms with Crippen LogP contribution < -0.4 is 5.56 Å². The summed E-state index contributed by atoms with van der Waals surface area (Å²) < 4.78 is 1.30. The molecule has 108 valence electrons. The Morgan fingerprint density at radius 1 is 1.14 bits per heavy atom. The van der Waals surface area contributed by atoms with E-state index in [1.54, 1.807) is 28.9 Å². The quantitative estimate of drug-likeness (QED) is 0.525. The molecule has 4 aromatic heterocycles. The average Bonchev–Trinajstić information content (AvgIpc) is 3.27. The van der Waals surface area contributed by atoms with Gasteiger partial charge >= 0.3 is 0 Å². The van der Waals surface area contributed by atoms with Crippen molar-refractivity contribution < 1.29 is 0 Å². The van der Waals surface area contributed by atoms with Crippen LogP contribution in [0.25, 0.3) is 20.7 Å². The van der Waals surface area contributed by atoms with Gasteiger partial charge in [-0.2, -0.15) is 9.78 Å². The van der Waals surface area contributed by atoms with E-state index in [1.165, 1.54) is 22.3 Å². The van der Waals surface area contributed by atoms with Crippen molar-refractivity contribution in [3.05, 3.63) is 62.0 Å². The summed E-state index contributed by atoms with van der Waals surface area (Å²) in [5.74, 6) is 0. The fourth-order valence-corrected chi connectivity index (χ4v) is 4.40. The van der Waals surface area contributed by atoms with E-state index in [0.29, 0.717) is 5.39 Å². The molecule has 0 aromatic carbocycles. The monoisotopic (exact) mass is 343 g/mol. The predicted octanol–water partition coefficient (Wildman–Crippen LogP) is 4.13. The van der Waals surface area contributed by atoms with Crippen molar-refractivity contribution in [3.8, 4) is 10.4 Å². The van der Waals surface area contributed by atoms with E-state index in [4.69, 9.17) is 0 Å². The molecule has 0 fully saturated rings. The molecule has 22 heavy (non-hydrogen) atoms. The Hall–Kier alpha value is -2.09. The average molecular weight is 343 g/mol. The van der Waals surface area contributed by atoms with Crippen LogP contribution in [-0.4, -0.2) is 15.9 Å². The van der Waals surface area contributed by atoms with E-state index in [-0.39, 0.29) is 5.56 Å². The largest absolute Gasteiger partial charge is 0.283 e. The summed E-state index contributed by atoms with van der Waals surface area (Å²) in [7, 11) is 0. The van der Waals surface area contributed by atoms with Crippen molar-refractivity contribution in [1.29, 1.82) is 0 Å². The Morgan fingerprint density at radius 2 is 2.00 bits per heavy atom. The van der Waals surface area contributed by atoms with E-state index in [2.05, 4.69) is 10.1 Å². The second-order valence-corrected chi connectivity index (χ2v) is 7.25. The van der Waals surface area contributed by atoms with E-state index in [9.17, 15) is 4.79 Å². The van der Waals surface area contributed by atoms with Crippen molar-refractivity contribution in [1.82, 2.24) is 9.66 Å². The molecular weight excluding hydrogens is 334 g/mol. The van der Waals surface area contributed by atoms with Gasteiger partial charge in [0.15, 0.2) is 0 Å². The Balaban J connectivity index is 1.86. The summed E-state index contributed by atoms with van der Waals surface area (Å²) in [5, 5.41) is 10.8. The van der Waals surface area contributed by atoms with Gasteiger partial charge in [-0.3, -0.25) is 4.79 Å². The minimum atomic E-state index is -0.137. The molecule has 0 saturated heterocycles. The molecule has 0 aliphatic carbocycles. The summed E-state index contributed by atoms with van der Waals surface area (Å²) in [4.78, 5) is 19.9. The first-order valence-electron chi connectivity index (χ1n) is 6.43. The van der Waals surface area contributed by atoms with Gasteiger partial charge in [0, 0.05) is 20.7 Å².